The van der Waals surface area contributed by atoms with Gasteiger partial charge in [-0.1, -0.05) is 93.9 Å². The van der Waals surface area contributed by atoms with Crippen LogP contribution in [0.2, 0.25) is 5.04 Å². The Kier molecular flexibility index (Phi) is 8.30. The molecule has 2 aliphatic heterocycles. The molecule has 0 bridgehead atoms. The quantitative estimate of drug-likeness (QED) is 0.201. The number of carbonyl (C=O) groups is 1. The number of carbonyl (C=O) groups excluding carboxylic acids is 1. The lowest BCUT2D eigenvalue weighted by molar-refractivity contribution is -0.141. The highest BCUT2D eigenvalue weighted by atomic mass is 28.4. The number of ether oxygens (including phenoxy) is 2. The summed E-state index contributed by atoms with van der Waals surface area (Å²) in [6.07, 6.45) is 8.50. The van der Waals surface area contributed by atoms with Gasteiger partial charge >= 0.3 is 5.97 Å². The monoisotopic (exact) mass is 492 g/mol. The molecule has 2 fully saturated rings. The molecule has 0 saturated carbocycles. The number of esters is 1. The van der Waals surface area contributed by atoms with Gasteiger partial charge < -0.3 is 14.3 Å². The maximum absolute atomic E-state index is 12.3. The minimum absolute atomic E-state index is 0.0531. The van der Waals surface area contributed by atoms with Crippen LogP contribution in [-0.2, 0) is 14.3 Å². The molecule has 5 heteroatoms. The van der Waals surface area contributed by atoms with E-state index in [0.29, 0.717) is 6.42 Å². The molecule has 0 spiro atoms. The van der Waals surface area contributed by atoms with Gasteiger partial charge in [-0.3, -0.25) is 4.79 Å². The first-order valence-corrected chi connectivity index (χ1v) is 15.1. The summed E-state index contributed by atoms with van der Waals surface area (Å²) in [4.78, 5) is 23.6. The van der Waals surface area contributed by atoms with E-state index in [0.717, 1.165) is 61.7 Å². The molecule has 2 unspecified atom stereocenters. The highest BCUT2D eigenvalue weighted by molar-refractivity contribution is 6.98. The number of rotatable bonds is 11. The SMILES string of the molecule is C=C1CC(CCCCC(C)(C)[Si](O)(c2ccccc2)c2ccccc2)O[C@H]1CCC1CCC(=O)O1. The lowest BCUT2D eigenvalue weighted by atomic mass is 9.99. The normalized spacial score (nSPS) is 23.0. The molecule has 2 heterocycles. The van der Waals surface area contributed by atoms with Gasteiger partial charge in [0.15, 0.2) is 0 Å². The van der Waals surface area contributed by atoms with Crippen molar-refractivity contribution >= 4 is 24.7 Å². The van der Waals surface area contributed by atoms with Crippen LogP contribution in [0.15, 0.2) is 72.8 Å². The second-order valence-corrected chi connectivity index (χ2v) is 14.8. The molecule has 0 aromatic heterocycles. The predicted molar refractivity (Wildman–Crippen MR) is 143 cm³/mol. The van der Waals surface area contributed by atoms with Gasteiger partial charge in [-0.15, -0.1) is 0 Å². The van der Waals surface area contributed by atoms with Gasteiger partial charge in [-0.2, -0.15) is 0 Å². The van der Waals surface area contributed by atoms with Gasteiger partial charge in [0.2, 0.25) is 0 Å². The fraction of sp³-hybridized carbons (Fsp3) is 0.500. The van der Waals surface area contributed by atoms with Crippen molar-refractivity contribution in [2.24, 2.45) is 0 Å². The van der Waals surface area contributed by atoms with Gasteiger partial charge in [0.25, 0.3) is 8.32 Å². The van der Waals surface area contributed by atoms with Crippen molar-refractivity contribution in [3.05, 3.63) is 72.8 Å². The molecular weight excluding hydrogens is 452 g/mol. The van der Waals surface area contributed by atoms with Crippen LogP contribution in [0.4, 0.5) is 0 Å². The fourth-order valence-corrected chi connectivity index (χ4v) is 9.58. The lowest BCUT2D eigenvalue weighted by Crippen LogP contribution is -2.65. The molecule has 0 radical (unpaired) electrons. The molecule has 188 valence electrons. The van der Waals surface area contributed by atoms with E-state index in [4.69, 9.17) is 9.47 Å². The molecular formula is C30H40O4Si. The van der Waals surface area contributed by atoms with Gasteiger partial charge in [0.05, 0.1) is 12.2 Å². The van der Waals surface area contributed by atoms with E-state index in [2.05, 4.69) is 44.7 Å². The van der Waals surface area contributed by atoms with E-state index in [-0.39, 0.29) is 29.3 Å². The molecule has 3 atom stereocenters. The van der Waals surface area contributed by atoms with Crippen LogP contribution in [0.5, 0.6) is 0 Å². The Balaban J connectivity index is 1.30. The largest absolute Gasteiger partial charge is 0.462 e. The Labute approximate surface area is 211 Å². The first-order chi connectivity index (χ1) is 16.8. The fourth-order valence-electron chi connectivity index (χ4n) is 5.79. The van der Waals surface area contributed by atoms with E-state index in [1.54, 1.807) is 0 Å². The molecule has 2 aliphatic rings. The topological polar surface area (TPSA) is 55.8 Å². The number of hydrogen-bond acceptors (Lipinski definition) is 4. The highest BCUT2D eigenvalue weighted by Crippen LogP contribution is 2.41. The van der Waals surface area contributed by atoms with Gasteiger partial charge in [0.1, 0.15) is 6.10 Å². The summed E-state index contributed by atoms with van der Waals surface area (Å²) in [5.41, 5.74) is 1.18. The Morgan fingerprint density at radius 3 is 2.14 bits per heavy atom. The third kappa shape index (κ3) is 5.96. The lowest BCUT2D eigenvalue weighted by Gasteiger charge is -2.41. The van der Waals surface area contributed by atoms with Crippen LogP contribution in [0.25, 0.3) is 0 Å². The van der Waals surface area contributed by atoms with E-state index in [9.17, 15) is 9.59 Å². The zero-order valence-electron chi connectivity index (χ0n) is 21.2. The number of cyclic esters (lactones) is 1. The second-order valence-electron chi connectivity index (χ2n) is 10.9. The number of benzene rings is 2. The number of hydrogen-bond donors (Lipinski definition) is 1. The van der Waals surface area contributed by atoms with E-state index in [1.807, 2.05) is 36.4 Å². The first-order valence-electron chi connectivity index (χ1n) is 13.2. The Bertz CT molecular complexity index is 948. The Morgan fingerprint density at radius 1 is 0.943 bits per heavy atom. The van der Waals surface area contributed by atoms with Gasteiger partial charge in [-0.25, -0.2) is 0 Å². The maximum Gasteiger partial charge on any atom is 0.306 e. The van der Waals surface area contributed by atoms with Crippen molar-refractivity contribution in [3.8, 4) is 0 Å². The molecule has 0 amide bonds. The van der Waals surface area contributed by atoms with Crippen molar-refractivity contribution in [2.75, 3.05) is 0 Å². The van der Waals surface area contributed by atoms with Crippen molar-refractivity contribution in [1.29, 1.82) is 0 Å². The summed E-state index contributed by atoms with van der Waals surface area (Å²) in [7, 11) is -2.94. The van der Waals surface area contributed by atoms with Gasteiger partial charge in [0, 0.05) is 6.42 Å². The highest BCUT2D eigenvalue weighted by Gasteiger charge is 2.49. The zero-order chi connectivity index (χ0) is 24.9. The van der Waals surface area contributed by atoms with E-state index >= 15 is 0 Å². The summed E-state index contributed by atoms with van der Waals surface area (Å²) in [5.74, 6) is -0.0727. The first kappa shape index (κ1) is 25.9. The molecule has 2 saturated heterocycles. The Hall–Kier alpha value is -2.21. The van der Waals surface area contributed by atoms with Crippen LogP contribution in [0, 0.1) is 0 Å². The van der Waals surface area contributed by atoms with Crippen molar-refractivity contribution in [2.45, 2.75) is 95.0 Å². The summed E-state index contributed by atoms with van der Waals surface area (Å²) in [6, 6.07) is 20.5. The maximum atomic E-state index is 12.3. The minimum atomic E-state index is -2.94. The van der Waals surface area contributed by atoms with Crippen molar-refractivity contribution < 1.29 is 19.1 Å². The van der Waals surface area contributed by atoms with Gasteiger partial charge in [-0.05, 0) is 59.5 Å². The summed E-state index contributed by atoms with van der Waals surface area (Å²) in [5, 5.41) is 1.93. The summed E-state index contributed by atoms with van der Waals surface area (Å²) >= 11 is 0. The molecule has 4 rings (SSSR count). The van der Waals surface area contributed by atoms with Crippen LogP contribution in [0.3, 0.4) is 0 Å². The number of unbranched alkanes of at least 4 members (excludes halogenated alkanes) is 1. The molecule has 1 N–H and O–H groups in total. The molecule has 0 aliphatic carbocycles. The molecule has 4 nitrogen and oxygen atoms in total. The Morgan fingerprint density at radius 2 is 1.57 bits per heavy atom. The van der Waals surface area contributed by atoms with Crippen LogP contribution >= 0.6 is 0 Å². The van der Waals surface area contributed by atoms with Crippen molar-refractivity contribution in [3.63, 3.8) is 0 Å². The predicted octanol–water partition coefficient (Wildman–Crippen LogP) is 5.28. The average Bonchev–Trinajstić information content (AvgIpc) is 3.45. The van der Waals surface area contributed by atoms with E-state index < -0.39 is 8.32 Å². The average molecular weight is 493 g/mol. The summed E-state index contributed by atoms with van der Waals surface area (Å²) < 4.78 is 11.7. The summed E-state index contributed by atoms with van der Waals surface area (Å²) in [6.45, 7) is 8.72. The third-order valence-electron chi connectivity index (χ3n) is 7.96. The second kappa shape index (κ2) is 11.2. The minimum Gasteiger partial charge on any atom is -0.462 e. The zero-order valence-corrected chi connectivity index (χ0v) is 22.2. The smallest absolute Gasteiger partial charge is 0.306 e. The van der Waals surface area contributed by atoms with Crippen LogP contribution in [-0.4, -0.2) is 37.4 Å². The third-order valence-corrected chi connectivity index (χ3v) is 12.5. The van der Waals surface area contributed by atoms with Crippen LogP contribution < -0.4 is 10.4 Å². The molecule has 2 aromatic rings. The molecule has 35 heavy (non-hydrogen) atoms. The molecule has 2 aromatic carbocycles. The standard InChI is InChI=1S/C30H40O4Si/c1-23-22-25(33-28(23)19-17-24-18-20-29(31)34-24)12-10-11-21-30(2,3)35(32,26-13-6-4-7-14-26)27-15-8-5-9-16-27/h4-9,13-16,24-25,28,32H,1,10-12,17-22H2,2-3H3/t24?,25?,28-/m0/s1. The van der Waals surface area contributed by atoms with Crippen molar-refractivity contribution in [1.82, 2.24) is 0 Å². The van der Waals surface area contributed by atoms with E-state index in [1.165, 1.54) is 5.57 Å². The van der Waals surface area contributed by atoms with Crippen LogP contribution in [0.1, 0.15) is 71.6 Å².